The van der Waals surface area contributed by atoms with Gasteiger partial charge in [0.05, 0.1) is 11.1 Å². The number of carbonyl (C=O) groups is 2. The van der Waals surface area contributed by atoms with Crippen LogP contribution in [-0.2, 0) is 4.79 Å². The molecule has 2 amide bonds. The summed E-state index contributed by atoms with van der Waals surface area (Å²) >= 11 is 0. The number of aromatic nitrogens is 1. The van der Waals surface area contributed by atoms with Crippen molar-refractivity contribution in [1.29, 1.82) is 0 Å². The largest absolute Gasteiger partial charge is 0.483 e. The molecule has 0 aliphatic heterocycles. The molecule has 1 heterocycles. The van der Waals surface area contributed by atoms with Crippen LogP contribution in [0.2, 0.25) is 0 Å². The maximum absolute atomic E-state index is 12.8. The van der Waals surface area contributed by atoms with Gasteiger partial charge in [0.15, 0.2) is 6.61 Å². The average molecular weight is 411 g/mol. The van der Waals surface area contributed by atoms with Crippen LogP contribution < -0.4 is 15.4 Å². The molecule has 0 saturated heterocycles. The topological polar surface area (TPSA) is 80.3 Å². The van der Waals surface area contributed by atoms with E-state index >= 15 is 0 Å². The van der Waals surface area contributed by atoms with Gasteiger partial charge in [-0.2, -0.15) is 0 Å². The Kier molecular flexibility index (Phi) is 5.89. The highest BCUT2D eigenvalue weighted by Gasteiger charge is 2.14. The summed E-state index contributed by atoms with van der Waals surface area (Å²) in [6, 6.07) is 25.6. The molecule has 3 aromatic carbocycles. The number of para-hydroxylation sites is 3. The monoisotopic (exact) mass is 411 g/mol. The number of anilines is 2. The maximum atomic E-state index is 12.8. The minimum absolute atomic E-state index is 0.215. The lowest BCUT2D eigenvalue weighted by Gasteiger charge is -2.12. The molecule has 0 atom stereocenters. The fraction of sp³-hybridized carbons (Fsp3) is 0.0800. The van der Waals surface area contributed by atoms with Crippen molar-refractivity contribution in [3.05, 3.63) is 96.1 Å². The predicted molar refractivity (Wildman–Crippen MR) is 121 cm³/mol. The number of benzene rings is 3. The summed E-state index contributed by atoms with van der Waals surface area (Å²) in [6.07, 6.45) is 0. The van der Waals surface area contributed by atoms with Gasteiger partial charge in [0.25, 0.3) is 11.8 Å². The summed E-state index contributed by atoms with van der Waals surface area (Å²) in [5, 5.41) is 6.60. The molecule has 4 rings (SSSR count). The molecule has 0 aliphatic carbocycles. The second kappa shape index (κ2) is 9.09. The molecule has 154 valence electrons. The van der Waals surface area contributed by atoms with Crippen molar-refractivity contribution in [3.8, 4) is 5.75 Å². The van der Waals surface area contributed by atoms with E-state index in [1.54, 1.807) is 30.3 Å². The third-order valence-corrected chi connectivity index (χ3v) is 4.75. The number of amides is 2. The first kappa shape index (κ1) is 20.1. The normalized spacial score (nSPS) is 10.5. The van der Waals surface area contributed by atoms with Gasteiger partial charge >= 0.3 is 0 Å². The third kappa shape index (κ3) is 4.87. The Balaban J connectivity index is 1.44. The summed E-state index contributed by atoms with van der Waals surface area (Å²) in [6.45, 7) is 1.70. The Bertz CT molecular complexity index is 1250. The van der Waals surface area contributed by atoms with Gasteiger partial charge in [-0.15, -0.1) is 0 Å². The van der Waals surface area contributed by atoms with Gasteiger partial charge in [-0.05, 0) is 48.9 Å². The first-order valence-corrected chi connectivity index (χ1v) is 9.84. The van der Waals surface area contributed by atoms with E-state index in [4.69, 9.17) is 4.74 Å². The number of hydrogen-bond donors (Lipinski definition) is 2. The zero-order chi connectivity index (χ0) is 21.6. The van der Waals surface area contributed by atoms with Gasteiger partial charge in [0.1, 0.15) is 11.6 Å². The van der Waals surface area contributed by atoms with Crippen LogP contribution >= 0.6 is 0 Å². The molecule has 0 radical (unpaired) electrons. The molecule has 0 saturated carbocycles. The third-order valence-electron chi connectivity index (χ3n) is 4.75. The van der Waals surface area contributed by atoms with E-state index < -0.39 is 0 Å². The SMILES string of the molecule is Cc1ccccc1NC(=O)COc1ccccc1C(=O)Nc1ccc2ccccc2n1. The van der Waals surface area contributed by atoms with Crippen LogP contribution in [0.3, 0.4) is 0 Å². The Morgan fingerprint density at radius 3 is 2.45 bits per heavy atom. The van der Waals surface area contributed by atoms with Crippen LogP contribution in [0, 0.1) is 6.92 Å². The lowest BCUT2D eigenvalue weighted by Crippen LogP contribution is -2.22. The van der Waals surface area contributed by atoms with E-state index in [-0.39, 0.29) is 18.4 Å². The van der Waals surface area contributed by atoms with Crippen LogP contribution in [0.25, 0.3) is 10.9 Å². The van der Waals surface area contributed by atoms with Crippen LogP contribution in [0.1, 0.15) is 15.9 Å². The van der Waals surface area contributed by atoms with Gasteiger partial charge in [-0.1, -0.05) is 48.5 Å². The predicted octanol–water partition coefficient (Wildman–Crippen LogP) is 4.81. The van der Waals surface area contributed by atoms with Crippen LogP contribution in [-0.4, -0.2) is 23.4 Å². The van der Waals surface area contributed by atoms with Gasteiger partial charge in [0.2, 0.25) is 0 Å². The van der Waals surface area contributed by atoms with E-state index in [0.717, 1.165) is 22.2 Å². The zero-order valence-electron chi connectivity index (χ0n) is 17.0. The number of carbonyl (C=O) groups excluding carboxylic acids is 2. The fourth-order valence-corrected chi connectivity index (χ4v) is 3.14. The van der Waals surface area contributed by atoms with Crippen molar-refractivity contribution in [2.75, 3.05) is 17.2 Å². The Morgan fingerprint density at radius 1 is 0.839 bits per heavy atom. The van der Waals surface area contributed by atoms with Crippen molar-refractivity contribution in [3.63, 3.8) is 0 Å². The van der Waals surface area contributed by atoms with Crippen LogP contribution in [0.5, 0.6) is 5.75 Å². The summed E-state index contributed by atoms with van der Waals surface area (Å²) in [5.41, 5.74) is 2.79. The highest BCUT2D eigenvalue weighted by atomic mass is 16.5. The van der Waals surface area contributed by atoms with E-state index in [1.807, 2.05) is 61.5 Å². The maximum Gasteiger partial charge on any atom is 0.262 e. The molecule has 0 spiro atoms. The lowest BCUT2D eigenvalue weighted by atomic mass is 10.2. The molecule has 4 aromatic rings. The lowest BCUT2D eigenvalue weighted by molar-refractivity contribution is -0.118. The van der Waals surface area contributed by atoms with E-state index in [1.165, 1.54) is 0 Å². The minimum atomic E-state index is -0.363. The summed E-state index contributed by atoms with van der Waals surface area (Å²) in [7, 11) is 0. The smallest absolute Gasteiger partial charge is 0.262 e. The zero-order valence-corrected chi connectivity index (χ0v) is 17.0. The number of nitrogens with zero attached hydrogens (tertiary/aromatic N) is 1. The molecule has 0 unspecified atom stereocenters. The second-order valence-electron chi connectivity index (χ2n) is 6.99. The first-order valence-electron chi connectivity index (χ1n) is 9.84. The van der Waals surface area contributed by atoms with E-state index in [2.05, 4.69) is 15.6 Å². The Hall–Kier alpha value is -4.19. The van der Waals surface area contributed by atoms with Gasteiger partial charge < -0.3 is 15.4 Å². The number of rotatable bonds is 6. The number of nitrogens with one attached hydrogen (secondary N) is 2. The van der Waals surface area contributed by atoms with E-state index in [9.17, 15) is 9.59 Å². The van der Waals surface area contributed by atoms with Crippen molar-refractivity contribution in [2.45, 2.75) is 6.92 Å². The number of ether oxygens (including phenoxy) is 1. The van der Waals surface area contributed by atoms with E-state index in [0.29, 0.717) is 17.1 Å². The highest BCUT2D eigenvalue weighted by Crippen LogP contribution is 2.21. The molecule has 31 heavy (non-hydrogen) atoms. The number of pyridine rings is 1. The minimum Gasteiger partial charge on any atom is -0.483 e. The number of hydrogen-bond acceptors (Lipinski definition) is 4. The summed E-state index contributed by atoms with van der Waals surface area (Å²) < 4.78 is 5.65. The van der Waals surface area contributed by atoms with Crippen molar-refractivity contribution in [1.82, 2.24) is 4.98 Å². The molecular weight excluding hydrogens is 390 g/mol. The molecule has 0 aliphatic rings. The second-order valence-corrected chi connectivity index (χ2v) is 6.99. The molecule has 2 N–H and O–H groups in total. The van der Waals surface area contributed by atoms with Crippen molar-refractivity contribution >= 4 is 34.2 Å². The quantitative estimate of drug-likeness (QED) is 0.477. The van der Waals surface area contributed by atoms with Crippen LogP contribution in [0.4, 0.5) is 11.5 Å². The Morgan fingerprint density at radius 2 is 1.58 bits per heavy atom. The Labute approximate surface area is 179 Å². The van der Waals surface area contributed by atoms with Crippen molar-refractivity contribution in [2.24, 2.45) is 0 Å². The fourth-order valence-electron chi connectivity index (χ4n) is 3.14. The molecular formula is C25H21N3O3. The van der Waals surface area contributed by atoms with Gasteiger partial charge in [-0.3, -0.25) is 9.59 Å². The molecule has 6 nitrogen and oxygen atoms in total. The molecule has 6 heteroatoms. The first-order chi connectivity index (χ1) is 15.1. The molecule has 0 bridgehead atoms. The van der Waals surface area contributed by atoms with Crippen LogP contribution in [0.15, 0.2) is 84.9 Å². The molecule has 0 fully saturated rings. The number of aryl methyl sites for hydroxylation is 1. The standard InChI is InChI=1S/C25H21N3O3/c1-17-8-2-5-11-20(17)27-24(29)16-31-22-13-7-4-10-19(22)25(30)28-23-15-14-18-9-3-6-12-21(18)26-23/h2-15H,16H2,1H3,(H,27,29)(H,26,28,30). The summed E-state index contributed by atoms with van der Waals surface area (Å²) in [4.78, 5) is 29.6. The van der Waals surface area contributed by atoms with Crippen molar-refractivity contribution < 1.29 is 14.3 Å². The summed E-state index contributed by atoms with van der Waals surface area (Å²) in [5.74, 6) is 0.0925. The van der Waals surface area contributed by atoms with Gasteiger partial charge in [0, 0.05) is 11.1 Å². The van der Waals surface area contributed by atoms with Gasteiger partial charge in [-0.25, -0.2) is 4.98 Å². The average Bonchev–Trinajstić information content (AvgIpc) is 2.79. The highest BCUT2D eigenvalue weighted by molar-refractivity contribution is 6.06. The number of fused-ring (bicyclic) bond motifs is 1. The molecule has 1 aromatic heterocycles.